The number of nitrogens with zero attached hydrogens (tertiary/aromatic N) is 1. The molecule has 2 N–H and O–H groups in total. The highest BCUT2D eigenvalue weighted by atomic mass is 32.1. The van der Waals surface area contributed by atoms with Crippen molar-refractivity contribution in [1.82, 2.24) is 5.32 Å². The van der Waals surface area contributed by atoms with Crippen molar-refractivity contribution >= 4 is 22.9 Å². The Morgan fingerprint density at radius 1 is 1.71 bits per heavy atom. The molecule has 1 atom stereocenters. The van der Waals surface area contributed by atoms with Gasteiger partial charge in [-0.15, -0.1) is 11.3 Å². The smallest absolute Gasteiger partial charge is 0.283 e. The van der Waals surface area contributed by atoms with Gasteiger partial charge in [-0.1, -0.05) is 0 Å². The highest BCUT2D eigenvalue weighted by Crippen LogP contribution is 2.27. The van der Waals surface area contributed by atoms with Gasteiger partial charge in [0.2, 0.25) is 0 Å². The molecule has 0 aliphatic heterocycles. The number of aliphatic hydroxyl groups excluding tert-OH is 1. The quantitative estimate of drug-likeness (QED) is 0.617. The second-order valence-electron chi connectivity index (χ2n) is 3.70. The Labute approximate surface area is 102 Å². The highest BCUT2D eigenvalue weighted by Gasteiger charge is 2.19. The van der Waals surface area contributed by atoms with Gasteiger partial charge in [-0.3, -0.25) is 14.9 Å². The minimum Gasteiger partial charge on any atom is -0.393 e. The number of carbonyl (C=O) groups excluding carboxylic acids is 1. The molecule has 0 bridgehead atoms. The van der Waals surface area contributed by atoms with Crippen LogP contribution in [0.4, 0.5) is 5.69 Å². The van der Waals surface area contributed by atoms with Crippen LogP contribution >= 0.6 is 11.3 Å². The van der Waals surface area contributed by atoms with Crippen molar-refractivity contribution in [1.29, 1.82) is 0 Å². The first-order chi connectivity index (χ1) is 7.91. The molecule has 1 rings (SSSR count). The van der Waals surface area contributed by atoms with E-state index in [1.54, 1.807) is 13.8 Å². The summed E-state index contributed by atoms with van der Waals surface area (Å²) in [5, 5.41) is 22.2. The van der Waals surface area contributed by atoms with Crippen LogP contribution < -0.4 is 5.32 Å². The Morgan fingerprint density at radius 2 is 2.35 bits per heavy atom. The largest absolute Gasteiger partial charge is 0.393 e. The minimum absolute atomic E-state index is 0.0318. The van der Waals surface area contributed by atoms with E-state index >= 15 is 0 Å². The summed E-state index contributed by atoms with van der Waals surface area (Å²) in [7, 11) is 0. The standard InChI is InChI=1S/C10H14N2O4S/c1-6(13)3-4-11-10(14)9-5-8(12(15)16)7(2)17-9/h5-6,13H,3-4H2,1-2H3,(H,11,14). The van der Waals surface area contributed by atoms with E-state index in [4.69, 9.17) is 5.11 Å². The van der Waals surface area contributed by atoms with Crippen LogP contribution in [0.3, 0.4) is 0 Å². The molecule has 7 heteroatoms. The maximum absolute atomic E-state index is 11.6. The second kappa shape index (κ2) is 5.74. The molecule has 0 saturated heterocycles. The van der Waals surface area contributed by atoms with Gasteiger partial charge in [-0.05, 0) is 20.3 Å². The summed E-state index contributed by atoms with van der Waals surface area (Å²) < 4.78 is 0. The van der Waals surface area contributed by atoms with E-state index in [9.17, 15) is 14.9 Å². The van der Waals surface area contributed by atoms with Gasteiger partial charge in [0.1, 0.15) is 0 Å². The average molecular weight is 258 g/mol. The van der Waals surface area contributed by atoms with Gasteiger partial charge in [0.15, 0.2) is 0 Å². The van der Waals surface area contributed by atoms with Crippen LogP contribution in [-0.2, 0) is 0 Å². The third-order valence-electron chi connectivity index (χ3n) is 2.16. The molecule has 1 aromatic heterocycles. The number of rotatable bonds is 5. The Morgan fingerprint density at radius 3 is 2.82 bits per heavy atom. The zero-order valence-electron chi connectivity index (χ0n) is 9.60. The van der Waals surface area contributed by atoms with Gasteiger partial charge in [0, 0.05) is 12.6 Å². The van der Waals surface area contributed by atoms with Gasteiger partial charge in [0.25, 0.3) is 11.6 Å². The predicted octanol–water partition coefficient (Wildman–Crippen LogP) is 1.47. The van der Waals surface area contributed by atoms with E-state index in [0.717, 1.165) is 11.3 Å². The summed E-state index contributed by atoms with van der Waals surface area (Å²) in [5.41, 5.74) is -0.0318. The highest BCUT2D eigenvalue weighted by molar-refractivity contribution is 7.14. The first kappa shape index (κ1) is 13.6. The maximum Gasteiger partial charge on any atom is 0.283 e. The Balaban J connectivity index is 2.64. The molecule has 0 spiro atoms. The lowest BCUT2D eigenvalue weighted by atomic mass is 10.3. The number of thiophene rings is 1. The van der Waals surface area contributed by atoms with Crippen molar-refractivity contribution in [3.8, 4) is 0 Å². The Bertz CT molecular complexity index is 428. The predicted molar refractivity (Wildman–Crippen MR) is 64.3 cm³/mol. The first-order valence-corrected chi connectivity index (χ1v) is 5.94. The fourth-order valence-corrected chi connectivity index (χ4v) is 2.15. The molecule has 1 heterocycles. The number of aliphatic hydroxyl groups is 1. The molecular weight excluding hydrogens is 244 g/mol. The number of amides is 1. The van der Waals surface area contributed by atoms with Crippen molar-refractivity contribution in [2.24, 2.45) is 0 Å². The van der Waals surface area contributed by atoms with E-state index in [-0.39, 0.29) is 11.6 Å². The number of aryl methyl sites for hydroxylation is 1. The van der Waals surface area contributed by atoms with E-state index < -0.39 is 11.0 Å². The topological polar surface area (TPSA) is 92.5 Å². The Kier molecular flexibility index (Phi) is 4.59. The Hall–Kier alpha value is -1.47. The van der Waals surface area contributed by atoms with Gasteiger partial charge in [0.05, 0.1) is 20.8 Å². The van der Waals surface area contributed by atoms with Crippen LogP contribution in [0.5, 0.6) is 0 Å². The van der Waals surface area contributed by atoms with Crippen LogP contribution in [0.15, 0.2) is 6.07 Å². The molecule has 1 aromatic rings. The summed E-state index contributed by atoms with van der Waals surface area (Å²) in [6.07, 6.45) is -0.0206. The zero-order valence-corrected chi connectivity index (χ0v) is 10.4. The molecule has 0 aromatic carbocycles. The maximum atomic E-state index is 11.6. The van der Waals surface area contributed by atoms with Crippen LogP contribution in [0.2, 0.25) is 0 Å². The van der Waals surface area contributed by atoms with E-state index in [0.29, 0.717) is 22.7 Å². The van der Waals surface area contributed by atoms with Gasteiger partial charge in [-0.2, -0.15) is 0 Å². The SMILES string of the molecule is Cc1sc(C(=O)NCCC(C)O)cc1[N+](=O)[O-]. The number of hydrogen-bond donors (Lipinski definition) is 2. The average Bonchev–Trinajstić information content (AvgIpc) is 2.59. The number of carbonyl (C=O) groups is 1. The molecule has 6 nitrogen and oxygen atoms in total. The normalized spacial score (nSPS) is 12.2. The summed E-state index contributed by atoms with van der Waals surface area (Å²) in [4.78, 5) is 22.5. The molecular formula is C10H14N2O4S. The van der Waals surface area contributed by atoms with Crippen LogP contribution in [0.25, 0.3) is 0 Å². The molecule has 0 aliphatic carbocycles. The van der Waals surface area contributed by atoms with Gasteiger partial charge in [-0.25, -0.2) is 0 Å². The van der Waals surface area contributed by atoms with Crippen LogP contribution in [0, 0.1) is 17.0 Å². The molecule has 0 radical (unpaired) electrons. The van der Waals surface area contributed by atoms with Crippen molar-refractivity contribution < 1.29 is 14.8 Å². The lowest BCUT2D eigenvalue weighted by Gasteiger charge is -2.04. The van der Waals surface area contributed by atoms with Gasteiger partial charge >= 0.3 is 0 Å². The molecule has 0 saturated carbocycles. The van der Waals surface area contributed by atoms with Crippen molar-refractivity contribution in [3.05, 3.63) is 25.9 Å². The lowest BCUT2D eigenvalue weighted by molar-refractivity contribution is -0.385. The number of hydrogen-bond acceptors (Lipinski definition) is 5. The monoisotopic (exact) mass is 258 g/mol. The molecule has 1 unspecified atom stereocenters. The molecule has 1 amide bonds. The fourth-order valence-electron chi connectivity index (χ4n) is 1.25. The van der Waals surface area contributed by atoms with Crippen molar-refractivity contribution in [2.45, 2.75) is 26.4 Å². The minimum atomic E-state index is -0.502. The van der Waals surface area contributed by atoms with Crippen molar-refractivity contribution in [3.63, 3.8) is 0 Å². The van der Waals surface area contributed by atoms with Crippen molar-refractivity contribution in [2.75, 3.05) is 6.54 Å². The first-order valence-electron chi connectivity index (χ1n) is 5.13. The third-order valence-corrected chi connectivity index (χ3v) is 3.20. The lowest BCUT2D eigenvalue weighted by Crippen LogP contribution is -2.25. The van der Waals surface area contributed by atoms with E-state index in [2.05, 4.69) is 5.32 Å². The fraction of sp³-hybridized carbons (Fsp3) is 0.500. The van der Waals surface area contributed by atoms with Crippen LogP contribution in [0.1, 0.15) is 27.9 Å². The van der Waals surface area contributed by atoms with Gasteiger partial charge < -0.3 is 10.4 Å². The van der Waals surface area contributed by atoms with E-state index in [1.807, 2.05) is 0 Å². The zero-order chi connectivity index (χ0) is 13.0. The molecule has 17 heavy (non-hydrogen) atoms. The molecule has 0 aliphatic rings. The molecule has 94 valence electrons. The second-order valence-corrected chi connectivity index (χ2v) is 4.96. The summed E-state index contributed by atoms with van der Waals surface area (Å²) in [5.74, 6) is -0.341. The number of nitrogens with one attached hydrogen (secondary N) is 1. The number of nitro groups is 1. The third kappa shape index (κ3) is 3.79. The van der Waals surface area contributed by atoms with E-state index in [1.165, 1.54) is 6.07 Å². The summed E-state index contributed by atoms with van der Waals surface area (Å²) in [6, 6.07) is 1.28. The molecule has 0 fully saturated rings. The van der Waals surface area contributed by atoms with Crippen LogP contribution in [-0.4, -0.2) is 28.6 Å². The summed E-state index contributed by atoms with van der Waals surface area (Å²) in [6.45, 7) is 3.59. The summed E-state index contributed by atoms with van der Waals surface area (Å²) >= 11 is 1.09.